The number of benzene rings is 2. The Morgan fingerprint density at radius 2 is 1.83 bits per heavy atom. The molecule has 0 heterocycles. The first-order chi connectivity index (χ1) is 11.1. The normalized spacial score (nSPS) is 9.57. The SMILES string of the molecule is COc1ccc(C(=O)OCC(=O)Nc2ccccc2C#N)cc1. The van der Waals surface area contributed by atoms with Crippen molar-refractivity contribution in [1.29, 1.82) is 5.26 Å². The molecule has 0 aliphatic carbocycles. The van der Waals surface area contributed by atoms with Crippen molar-refractivity contribution in [3.05, 3.63) is 59.7 Å². The zero-order chi connectivity index (χ0) is 16.7. The van der Waals surface area contributed by atoms with Crippen LogP contribution in [0, 0.1) is 11.3 Å². The summed E-state index contributed by atoms with van der Waals surface area (Å²) in [5.41, 5.74) is 1.03. The zero-order valence-corrected chi connectivity index (χ0v) is 12.4. The number of hydrogen-bond donors (Lipinski definition) is 1. The van der Waals surface area contributed by atoms with Crippen LogP contribution in [-0.4, -0.2) is 25.6 Å². The number of rotatable bonds is 5. The Balaban J connectivity index is 1.91. The van der Waals surface area contributed by atoms with Gasteiger partial charge in [0.2, 0.25) is 0 Å². The van der Waals surface area contributed by atoms with E-state index in [4.69, 9.17) is 14.7 Å². The third kappa shape index (κ3) is 4.32. The van der Waals surface area contributed by atoms with Gasteiger partial charge in [-0.2, -0.15) is 5.26 Å². The maximum atomic E-state index is 11.8. The molecule has 23 heavy (non-hydrogen) atoms. The van der Waals surface area contributed by atoms with E-state index >= 15 is 0 Å². The van der Waals surface area contributed by atoms with Gasteiger partial charge in [-0.3, -0.25) is 4.79 Å². The van der Waals surface area contributed by atoms with Crippen LogP contribution in [0.4, 0.5) is 5.69 Å². The molecule has 0 saturated heterocycles. The molecule has 116 valence electrons. The quantitative estimate of drug-likeness (QED) is 0.856. The third-order valence-electron chi connectivity index (χ3n) is 2.98. The lowest BCUT2D eigenvalue weighted by Gasteiger charge is -2.08. The van der Waals surface area contributed by atoms with Gasteiger partial charge in [0.1, 0.15) is 11.8 Å². The van der Waals surface area contributed by atoms with Crippen LogP contribution in [0.25, 0.3) is 0 Å². The molecule has 0 radical (unpaired) electrons. The van der Waals surface area contributed by atoms with Crippen molar-refractivity contribution in [3.63, 3.8) is 0 Å². The Morgan fingerprint density at radius 1 is 1.13 bits per heavy atom. The van der Waals surface area contributed by atoms with Crippen LogP contribution in [0.1, 0.15) is 15.9 Å². The third-order valence-corrected chi connectivity index (χ3v) is 2.98. The van der Waals surface area contributed by atoms with Gasteiger partial charge < -0.3 is 14.8 Å². The van der Waals surface area contributed by atoms with Crippen LogP contribution in [0.15, 0.2) is 48.5 Å². The van der Waals surface area contributed by atoms with Gasteiger partial charge in [-0.1, -0.05) is 12.1 Å². The molecule has 0 aromatic heterocycles. The molecule has 0 atom stereocenters. The van der Waals surface area contributed by atoms with Gasteiger partial charge >= 0.3 is 5.97 Å². The highest BCUT2D eigenvalue weighted by Gasteiger charge is 2.11. The molecule has 0 aliphatic rings. The summed E-state index contributed by atoms with van der Waals surface area (Å²) in [7, 11) is 1.52. The van der Waals surface area contributed by atoms with Crippen LogP contribution < -0.4 is 10.1 Å². The predicted molar refractivity (Wildman–Crippen MR) is 83.1 cm³/mol. The van der Waals surface area contributed by atoms with E-state index < -0.39 is 18.5 Å². The zero-order valence-electron chi connectivity index (χ0n) is 12.4. The largest absolute Gasteiger partial charge is 0.497 e. The number of methoxy groups -OCH3 is 1. The summed E-state index contributed by atoms with van der Waals surface area (Å²) in [4.78, 5) is 23.6. The fourth-order valence-corrected chi connectivity index (χ4v) is 1.82. The predicted octanol–water partition coefficient (Wildman–Crippen LogP) is 2.36. The van der Waals surface area contributed by atoms with Crippen LogP contribution in [0.2, 0.25) is 0 Å². The van der Waals surface area contributed by atoms with Crippen LogP contribution >= 0.6 is 0 Å². The number of nitriles is 1. The van der Waals surface area contributed by atoms with E-state index in [-0.39, 0.29) is 0 Å². The summed E-state index contributed by atoms with van der Waals surface area (Å²) < 4.78 is 9.93. The fourth-order valence-electron chi connectivity index (χ4n) is 1.82. The molecule has 0 bridgehead atoms. The lowest BCUT2D eigenvalue weighted by Crippen LogP contribution is -2.21. The minimum absolute atomic E-state index is 0.316. The van der Waals surface area contributed by atoms with Gasteiger partial charge in [0.15, 0.2) is 6.61 Å². The number of nitrogens with one attached hydrogen (secondary N) is 1. The minimum atomic E-state index is -0.614. The van der Waals surface area contributed by atoms with Gasteiger partial charge in [-0.15, -0.1) is 0 Å². The second-order valence-corrected chi connectivity index (χ2v) is 4.51. The Kier molecular flexibility index (Phi) is 5.31. The molecular formula is C17H14N2O4. The number of amides is 1. The monoisotopic (exact) mass is 310 g/mol. The van der Waals surface area contributed by atoms with Crippen molar-refractivity contribution in [2.45, 2.75) is 0 Å². The van der Waals surface area contributed by atoms with Crippen molar-refractivity contribution >= 4 is 17.6 Å². The van der Waals surface area contributed by atoms with Gasteiger partial charge in [0, 0.05) is 0 Å². The molecule has 0 aliphatic heterocycles. The maximum absolute atomic E-state index is 11.8. The Bertz CT molecular complexity index is 748. The summed E-state index contributed by atoms with van der Waals surface area (Å²) in [6, 6.07) is 14.9. The Labute approximate surface area is 133 Å². The second kappa shape index (κ2) is 7.61. The van der Waals surface area contributed by atoms with Crippen molar-refractivity contribution < 1.29 is 19.1 Å². The Hall–Kier alpha value is -3.33. The van der Waals surface area contributed by atoms with Gasteiger partial charge in [-0.05, 0) is 36.4 Å². The number of esters is 1. The van der Waals surface area contributed by atoms with Crippen molar-refractivity contribution in [3.8, 4) is 11.8 Å². The van der Waals surface area contributed by atoms with E-state index in [0.717, 1.165) is 0 Å². The van der Waals surface area contributed by atoms with E-state index in [1.807, 2.05) is 6.07 Å². The number of carbonyl (C=O) groups excluding carboxylic acids is 2. The summed E-state index contributed by atoms with van der Waals surface area (Å²) in [5.74, 6) is -0.515. The molecule has 1 N–H and O–H groups in total. The van der Waals surface area contributed by atoms with Gasteiger partial charge in [0.05, 0.1) is 23.9 Å². The van der Waals surface area contributed by atoms with Crippen molar-refractivity contribution in [1.82, 2.24) is 0 Å². The molecule has 6 heteroatoms. The maximum Gasteiger partial charge on any atom is 0.338 e. The molecule has 1 amide bonds. The first kappa shape index (κ1) is 16.0. The van der Waals surface area contributed by atoms with Crippen molar-refractivity contribution in [2.75, 3.05) is 19.0 Å². The van der Waals surface area contributed by atoms with E-state index in [2.05, 4.69) is 5.32 Å². The first-order valence-electron chi connectivity index (χ1n) is 6.74. The van der Waals surface area contributed by atoms with Gasteiger partial charge in [-0.25, -0.2) is 4.79 Å². The fraction of sp³-hybridized carbons (Fsp3) is 0.118. The van der Waals surface area contributed by atoms with Crippen LogP contribution in [0.5, 0.6) is 5.75 Å². The summed E-state index contributed by atoms with van der Waals surface area (Å²) in [6.45, 7) is -0.440. The van der Waals surface area contributed by atoms with E-state index in [1.165, 1.54) is 7.11 Å². The summed E-state index contributed by atoms with van der Waals surface area (Å²) >= 11 is 0. The number of para-hydroxylation sites is 1. The molecule has 0 spiro atoms. The average molecular weight is 310 g/mol. The number of hydrogen-bond acceptors (Lipinski definition) is 5. The Morgan fingerprint density at radius 3 is 2.48 bits per heavy atom. The molecule has 6 nitrogen and oxygen atoms in total. The van der Waals surface area contributed by atoms with Gasteiger partial charge in [0.25, 0.3) is 5.91 Å². The smallest absolute Gasteiger partial charge is 0.338 e. The van der Waals surface area contributed by atoms with E-state index in [9.17, 15) is 9.59 Å². The number of nitrogens with zero attached hydrogens (tertiary/aromatic N) is 1. The van der Waals surface area contributed by atoms with Crippen LogP contribution in [0.3, 0.4) is 0 Å². The summed E-state index contributed by atoms with van der Waals surface area (Å²) in [6.07, 6.45) is 0. The highest BCUT2D eigenvalue weighted by Crippen LogP contribution is 2.14. The molecular weight excluding hydrogens is 296 g/mol. The van der Waals surface area contributed by atoms with E-state index in [1.54, 1.807) is 48.5 Å². The molecule has 0 unspecified atom stereocenters. The molecule has 2 rings (SSSR count). The molecule has 2 aromatic carbocycles. The first-order valence-corrected chi connectivity index (χ1v) is 6.74. The number of carbonyl (C=O) groups is 2. The molecule has 0 saturated carbocycles. The number of ether oxygens (including phenoxy) is 2. The standard InChI is InChI=1S/C17H14N2O4/c1-22-14-8-6-12(7-9-14)17(21)23-11-16(20)19-15-5-3-2-4-13(15)10-18/h2-9H,11H2,1H3,(H,19,20). The molecule has 2 aromatic rings. The molecule has 0 fully saturated rings. The topological polar surface area (TPSA) is 88.4 Å². The summed E-state index contributed by atoms with van der Waals surface area (Å²) in [5, 5.41) is 11.5. The second-order valence-electron chi connectivity index (χ2n) is 4.51. The highest BCUT2D eigenvalue weighted by molar-refractivity contribution is 5.96. The lowest BCUT2D eigenvalue weighted by atomic mass is 10.2. The van der Waals surface area contributed by atoms with E-state index in [0.29, 0.717) is 22.6 Å². The number of anilines is 1. The van der Waals surface area contributed by atoms with Crippen LogP contribution in [-0.2, 0) is 9.53 Å². The average Bonchev–Trinajstić information content (AvgIpc) is 2.60. The van der Waals surface area contributed by atoms with Crippen molar-refractivity contribution in [2.24, 2.45) is 0 Å². The minimum Gasteiger partial charge on any atom is -0.497 e. The lowest BCUT2D eigenvalue weighted by molar-refractivity contribution is -0.119. The highest BCUT2D eigenvalue weighted by atomic mass is 16.5.